The number of anilines is 2. The van der Waals surface area contributed by atoms with Gasteiger partial charge in [0.1, 0.15) is 5.75 Å². The minimum Gasteiger partial charge on any atom is -0.497 e. The smallest absolute Gasteiger partial charge is 0.231 e. The predicted octanol–water partition coefficient (Wildman–Crippen LogP) is 4.42. The molecule has 0 aliphatic rings. The highest BCUT2D eigenvalue weighted by Gasteiger charge is 2.20. The normalized spacial score (nSPS) is 11.7. The van der Waals surface area contributed by atoms with Crippen LogP contribution in [0.5, 0.6) is 5.75 Å². The fourth-order valence-electron chi connectivity index (χ4n) is 2.62. The van der Waals surface area contributed by atoms with E-state index in [9.17, 15) is 9.59 Å². The Kier molecular flexibility index (Phi) is 6.78. The van der Waals surface area contributed by atoms with Gasteiger partial charge in [0, 0.05) is 12.0 Å². The molecule has 0 unspecified atom stereocenters. The van der Waals surface area contributed by atoms with Crippen LogP contribution in [0.4, 0.5) is 11.4 Å². The Morgan fingerprint density at radius 1 is 0.962 bits per heavy atom. The Morgan fingerprint density at radius 2 is 1.62 bits per heavy atom. The van der Waals surface area contributed by atoms with E-state index in [-0.39, 0.29) is 23.7 Å². The van der Waals surface area contributed by atoms with Gasteiger partial charge in [-0.15, -0.1) is 0 Å². The van der Waals surface area contributed by atoms with E-state index in [4.69, 9.17) is 4.74 Å². The second-order valence-electron chi connectivity index (χ2n) is 6.42. The predicted molar refractivity (Wildman–Crippen MR) is 105 cm³/mol. The average molecular weight is 354 g/mol. The van der Waals surface area contributed by atoms with Crippen LogP contribution in [-0.2, 0) is 9.59 Å². The van der Waals surface area contributed by atoms with Gasteiger partial charge in [0.15, 0.2) is 0 Å². The summed E-state index contributed by atoms with van der Waals surface area (Å²) in [6.07, 6.45) is 0.674. The molecule has 1 atom stereocenters. The van der Waals surface area contributed by atoms with E-state index in [1.165, 1.54) is 0 Å². The molecule has 5 heteroatoms. The Balaban J connectivity index is 2.28. The molecule has 0 saturated carbocycles. The lowest BCUT2D eigenvalue weighted by atomic mass is 9.95. The van der Waals surface area contributed by atoms with E-state index in [1.807, 2.05) is 51.1 Å². The van der Waals surface area contributed by atoms with Gasteiger partial charge in [-0.1, -0.05) is 51.1 Å². The minimum absolute atomic E-state index is 0.110. The first-order valence-corrected chi connectivity index (χ1v) is 8.81. The molecule has 0 spiro atoms. The molecule has 5 nitrogen and oxygen atoms in total. The van der Waals surface area contributed by atoms with Crippen LogP contribution in [-0.4, -0.2) is 18.9 Å². The van der Waals surface area contributed by atoms with Gasteiger partial charge >= 0.3 is 0 Å². The fourth-order valence-corrected chi connectivity index (χ4v) is 2.62. The third kappa shape index (κ3) is 4.85. The van der Waals surface area contributed by atoms with Crippen LogP contribution in [0.25, 0.3) is 0 Å². The van der Waals surface area contributed by atoms with Crippen LogP contribution >= 0.6 is 0 Å². The van der Waals surface area contributed by atoms with Crippen LogP contribution in [0.1, 0.15) is 38.7 Å². The zero-order valence-corrected chi connectivity index (χ0v) is 15.7. The van der Waals surface area contributed by atoms with Crippen LogP contribution in [0.15, 0.2) is 48.5 Å². The van der Waals surface area contributed by atoms with E-state index in [0.717, 1.165) is 5.56 Å². The van der Waals surface area contributed by atoms with Gasteiger partial charge in [0.05, 0.1) is 24.4 Å². The Morgan fingerprint density at radius 3 is 2.19 bits per heavy atom. The second-order valence-corrected chi connectivity index (χ2v) is 6.42. The summed E-state index contributed by atoms with van der Waals surface area (Å²) in [5, 5.41) is 5.80. The van der Waals surface area contributed by atoms with Crippen molar-refractivity contribution >= 4 is 23.2 Å². The lowest BCUT2D eigenvalue weighted by Crippen LogP contribution is -2.23. The molecule has 2 rings (SSSR count). The molecule has 2 amide bonds. The maximum Gasteiger partial charge on any atom is 0.231 e. The molecule has 0 aliphatic carbocycles. The zero-order valence-electron chi connectivity index (χ0n) is 15.7. The number of nitrogens with one attached hydrogen (secondary N) is 2. The number of hydrogen-bond acceptors (Lipinski definition) is 3. The standard InChI is InChI=1S/C21H26N2O3/c1-5-17(15-9-7-6-8-10-15)21(25)23-19-13-16(26-4)11-12-18(19)22-20(24)14(2)3/h6-14,17H,5H2,1-4H3,(H,22,24)(H,23,25)/t17-/m1/s1. The van der Waals surface area contributed by atoms with Gasteiger partial charge in [0.2, 0.25) is 11.8 Å². The molecule has 0 saturated heterocycles. The molecule has 0 aliphatic heterocycles. The monoisotopic (exact) mass is 354 g/mol. The van der Waals surface area contributed by atoms with Gasteiger partial charge in [0.25, 0.3) is 0 Å². The number of amides is 2. The van der Waals surface area contributed by atoms with E-state index in [2.05, 4.69) is 10.6 Å². The van der Waals surface area contributed by atoms with Gasteiger partial charge in [-0.25, -0.2) is 0 Å². The highest BCUT2D eigenvalue weighted by molar-refractivity contribution is 6.02. The summed E-state index contributed by atoms with van der Waals surface area (Å²) in [5.41, 5.74) is 2.04. The number of rotatable bonds is 7. The highest BCUT2D eigenvalue weighted by atomic mass is 16.5. The lowest BCUT2D eigenvalue weighted by Gasteiger charge is -2.19. The van der Waals surface area contributed by atoms with Crippen molar-refractivity contribution in [2.45, 2.75) is 33.1 Å². The summed E-state index contributed by atoms with van der Waals surface area (Å²) in [6.45, 7) is 5.61. The highest BCUT2D eigenvalue weighted by Crippen LogP contribution is 2.29. The molecule has 2 aromatic carbocycles. The van der Waals surface area contributed by atoms with Crippen molar-refractivity contribution in [3.05, 3.63) is 54.1 Å². The molecular weight excluding hydrogens is 328 g/mol. The Hall–Kier alpha value is -2.82. The van der Waals surface area contributed by atoms with Crippen LogP contribution in [0, 0.1) is 5.92 Å². The summed E-state index contributed by atoms with van der Waals surface area (Å²) in [7, 11) is 1.56. The van der Waals surface area contributed by atoms with Gasteiger partial charge in [-0.3, -0.25) is 9.59 Å². The largest absolute Gasteiger partial charge is 0.497 e. The number of hydrogen-bond donors (Lipinski definition) is 2. The van der Waals surface area contributed by atoms with Crippen LogP contribution in [0.3, 0.4) is 0 Å². The van der Waals surface area contributed by atoms with Crippen molar-refractivity contribution in [1.29, 1.82) is 0 Å². The number of carbonyl (C=O) groups is 2. The van der Waals surface area contributed by atoms with E-state index >= 15 is 0 Å². The van der Waals surface area contributed by atoms with E-state index < -0.39 is 0 Å². The molecule has 138 valence electrons. The summed E-state index contributed by atoms with van der Waals surface area (Å²) < 4.78 is 5.25. The lowest BCUT2D eigenvalue weighted by molar-refractivity contribution is -0.119. The van der Waals surface area contributed by atoms with Gasteiger partial charge in [-0.2, -0.15) is 0 Å². The number of ether oxygens (including phenoxy) is 1. The van der Waals surface area contributed by atoms with Gasteiger partial charge < -0.3 is 15.4 Å². The summed E-state index contributed by atoms with van der Waals surface area (Å²) in [4.78, 5) is 24.9. The molecule has 0 fully saturated rings. The first-order chi connectivity index (χ1) is 12.5. The van der Waals surface area contributed by atoms with E-state index in [1.54, 1.807) is 25.3 Å². The summed E-state index contributed by atoms with van der Waals surface area (Å²) >= 11 is 0. The topological polar surface area (TPSA) is 67.4 Å². The Bertz CT molecular complexity index is 757. The molecule has 0 heterocycles. The molecule has 2 N–H and O–H groups in total. The van der Waals surface area contributed by atoms with Crippen molar-refractivity contribution in [3.8, 4) is 5.75 Å². The minimum atomic E-state index is -0.268. The summed E-state index contributed by atoms with van der Waals surface area (Å²) in [5.74, 6) is -0.0483. The third-order valence-electron chi connectivity index (χ3n) is 4.19. The first kappa shape index (κ1) is 19.5. The van der Waals surface area contributed by atoms with Gasteiger partial charge in [-0.05, 0) is 24.1 Å². The molecule has 2 aromatic rings. The van der Waals surface area contributed by atoms with Crippen molar-refractivity contribution in [1.82, 2.24) is 0 Å². The summed E-state index contributed by atoms with van der Waals surface area (Å²) in [6, 6.07) is 14.9. The van der Waals surface area contributed by atoms with Crippen LogP contribution in [0.2, 0.25) is 0 Å². The van der Waals surface area contributed by atoms with Crippen molar-refractivity contribution in [3.63, 3.8) is 0 Å². The molecule has 26 heavy (non-hydrogen) atoms. The second kappa shape index (κ2) is 9.04. The third-order valence-corrected chi connectivity index (χ3v) is 4.19. The molecular formula is C21H26N2O3. The van der Waals surface area contributed by atoms with Crippen molar-refractivity contribution in [2.75, 3.05) is 17.7 Å². The number of benzene rings is 2. The van der Waals surface area contributed by atoms with Crippen molar-refractivity contribution < 1.29 is 14.3 Å². The van der Waals surface area contributed by atoms with Crippen molar-refractivity contribution in [2.24, 2.45) is 5.92 Å². The molecule has 0 radical (unpaired) electrons. The molecule has 0 aromatic heterocycles. The SMILES string of the molecule is CC[C@@H](C(=O)Nc1cc(OC)ccc1NC(=O)C(C)C)c1ccccc1. The maximum atomic E-state index is 12.9. The number of methoxy groups -OCH3 is 1. The first-order valence-electron chi connectivity index (χ1n) is 8.81. The zero-order chi connectivity index (χ0) is 19.1. The Labute approximate surface area is 154 Å². The van der Waals surface area contributed by atoms with Crippen LogP contribution < -0.4 is 15.4 Å². The molecule has 0 bridgehead atoms. The van der Waals surface area contributed by atoms with E-state index in [0.29, 0.717) is 23.5 Å². The average Bonchev–Trinajstić information content (AvgIpc) is 2.64. The quantitative estimate of drug-likeness (QED) is 0.773. The maximum absolute atomic E-state index is 12.9. The number of carbonyl (C=O) groups excluding carboxylic acids is 2. The fraction of sp³-hybridized carbons (Fsp3) is 0.333.